The third kappa shape index (κ3) is 6.07. The van der Waals surface area contributed by atoms with Gasteiger partial charge in [-0.15, -0.1) is 0 Å². The lowest BCUT2D eigenvalue weighted by atomic mass is 10.3. The van der Waals surface area contributed by atoms with Crippen molar-refractivity contribution < 1.29 is 19.5 Å². The highest BCUT2D eigenvalue weighted by molar-refractivity contribution is 7.99. The Hall–Kier alpha value is -1.08. The zero-order valence-electron chi connectivity index (χ0n) is 10.9. The largest absolute Gasteiger partial charge is 0.396 e. The van der Waals surface area contributed by atoms with Crippen LogP contribution in [0, 0.1) is 0 Å². The molecular formula is C12H20N2O4S. The summed E-state index contributed by atoms with van der Waals surface area (Å²) in [5.74, 6) is 1.17. The average molecular weight is 288 g/mol. The van der Waals surface area contributed by atoms with E-state index in [4.69, 9.17) is 5.11 Å². The van der Waals surface area contributed by atoms with Crippen molar-refractivity contribution in [2.45, 2.75) is 25.7 Å². The second-order valence-corrected chi connectivity index (χ2v) is 5.45. The highest BCUT2D eigenvalue weighted by Crippen LogP contribution is 2.11. The fourth-order valence-corrected chi connectivity index (χ4v) is 2.49. The van der Waals surface area contributed by atoms with Crippen molar-refractivity contribution in [3.05, 3.63) is 0 Å². The molecule has 2 N–H and O–H groups in total. The summed E-state index contributed by atoms with van der Waals surface area (Å²) in [6.45, 7) is 0.940. The molecule has 0 radical (unpaired) electrons. The minimum absolute atomic E-state index is 0.143. The Kier molecular flexibility index (Phi) is 7.50. The van der Waals surface area contributed by atoms with Gasteiger partial charge in [-0.1, -0.05) is 0 Å². The Morgan fingerprint density at radius 1 is 1.26 bits per heavy atom. The van der Waals surface area contributed by atoms with Crippen LogP contribution < -0.4 is 5.32 Å². The number of aliphatic hydroxyl groups excluding tert-OH is 1. The second-order valence-electron chi connectivity index (χ2n) is 4.23. The number of hydrogen-bond donors (Lipinski definition) is 2. The van der Waals surface area contributed by atoms with E-state index in [1.165, 1.54) is 0 Å². The molecule has 0 bridgehead atoms. The molecule has 0 unspecified atom stereocenters. The molecule has 1 fully saturated rings. The summed E-state index contributed by atoms with van der Waals surface area (Å²) in [7, 11) is 0. The lowest BCUT2D eigenvalue weighted by Gasteiger charge is -2.13. The number of thioether (sulfide) groups is 1. The predicted octanol–water partition coefficient (Wildman–Crippen LogP) is -0.243. The molecule has 0 aromatic carbocycles. The van der Waals surface area contributed by atoms with Crippen LogP contribution in [0.2, 0.25) is 0 Å². The Bertz CT molecular complexity index is 320. The first-order chi connectivity index (χ1) is 9.15. The minimum atomic E-state index is -0.183. The fraction of sp³-hybridized carbons (Fsp3) is 0.750. The minimum Gasteiger partial charge on any atom is -0.396 e. The van der Waals surface area contributed by atoms with E-state index in [0.29, 0.717) is 6.54 Å². The first-order valence-corrected chi connectivity index (χ1v) is 7.59. The maximum Gasteiger partial charge on any atom is 0.229 e. The van der Waals surface area contributed by atoms with Crippen molar-refractivity contribution in [3.8, 4) is 0 Å². The normalized spacial score (nSPS) is 15.1. The molecule has 1 aliphatic heterocycles. The van der Waals surface area contributed by atoms with Crippen molar-refractivity contribution in [3.63, 3.8) is 0 Å². The first kappa shape index (κ1) is 16.0. The van der Waals surface area contributed by atoms with Crippen LogP contribution in [0.15, 0.2) is 0 Å². The topological polar surface area (TPSA) is 86.7 Å². The summed E-state index contributed by atoms with van der Waals surface area (Å²) in [6.07, 6.45) is 1.46. The molecule has 1 rings (SSSR count). The van der Waals surface area contributed by atoms with Crippen molar-refractivity contribution >= 4 is 29.5 Å². The zero-order chi connectivity index (χ0) is 14.1. The van der Waals surface area contributed by atoms with E-state index in [1.807, 2.05) is 0 Å². The summed E-state index contributed by atoms with van der Waals surface area (Å²) < 4.78 is 0. The molecule has 3 amide bonds. The molecule has 0 aromatic rings. The van der Waals surface area contributed by atoms with Crippen molar-refractivity contribution in [1.29, 1.82) is 0 Å². The molecule has 1 aliphatic rings. The van der Waals surface area contributed by atoms with Crippen LogP contribution in [0.4, 0.5) is 0 Å². The van der Waals surface area contributed by atoms with E-state index in [2.05, 4.69) is 5.32 Å². The van der Waals surface area contributed by atoms with Gasteiger partial charge in [0.25, 0.3) is 0 Å². The number of likely N-dealkylation sites (tertiary alicyclic amines) is 1. The van der Waals surface area contributed by atoms with Crippen LogP contribution in [-0.2, 0) is 14.4 Å². The summed E-state index contributed by atoms with van der Waals surface area (Å²) >= 11 is 1.67. The lowest BCUT2D eigenvalue weighted by Crippen LogP contribution is -2.34. The molecule has 1 heterocycles. The van der Waals surface area contributed by atoms with Crippen molar-refractivity contribution in [2.24, 2.45) is 0 Å². The predicted molar refractivity (Wildman–Crippen MR) is 72.6 cm³/mol. The van der Waals surface area contributed by atoms with Crippen molar-refractivity contribution in [1.82, 2.24) is 10.2 Å². The van der Waals surface area contributed by atoms with Crippen LogP contribution >= 0.6 is 11.8 Å². The highest BCUT2D eigenvalue weighted by Gasteiger charge is 2.28. The molecule has 0 aliphatic carbocycles. The number of nitrogens with one attached hydrogen (secondary N) is 1. The summed E-state index contributed by atoms with van der Waals surface area (Å²) in [4.78, 5) is 35.3. The number of aliphatic hydroxyl groups is 1. The van der Waals surface area contributed by atoms with E-state index in [9.17, 15) is 14.4 Å². The monoisotopic (exact) mass is 288 g/mol. The molecule has 0 aromatic heterocycles. The van der Waals surface area contributed by atoms with Crippen LogP contribution in [0.25, 0.3) is 0 Å². The zero-order valence-corrected chi connectivity index (χ0v) is 11.7. The smallest absolute Gasteiger partial charge is 0.229 e. The molecule has 6 nitrogen and oxygen atoms in total. The van der Waals surface area contributed by atoms with Gasteiger partial charge in [0.05, 0.1) is 0 Å². The Labute approximate surface area is 116 Å². The van der Waals surface area contributed by atoms with Crippen molar-refractivity contribution in [2.75, 3.05) is 31.2 Å². The SMILES string of the molecule is O=C(CCN1C(=O)CCC1=O)NCCSCCCO. The Morgan fingerprint density at radius 2 is 1.95 bits per heavy atom. The molecule has 0 saturated carbocycles. The van der Waals surface area contributed by atoms with E-state index in [0.717, 1.165) is 22.8 Å². The van der Waals surface area contributed by atoms with E-state index in [-0.39, 0.29) is 50.1 Å². The molecule has 19 heavy (non-hydrogen) atoms. The Morgan fingerprint density at radius 3 is 2.58 bits per heavy atom. The van der Waals surface area contributed by atoms with Crippen LogP contribution in [-0.4, -0.2) is 58.9 Å². The number of rotatable bonds is 9. The number of imide groups is 1. The standard InChI is InChI=1S/C12H20N2O4S/c15-7-1-8-19-9-5-13-10(16)4-6-14-11(17)2-3-12(14)18/h15H,1-9H2,(H,13,16). The summed E-state index contributed by atoms with van der Waals surface area (Å²) in [5.41, 5.74) is 0. The Balaban J connectivity index is 2.05. The van der Waals surface area contributed by atoms with Gasteiger partial charge in [0.1, 0.15) is 0 Å². The average Bonchev–Trinajstić information content (AvgIpc) is 2.71. The number of carbonyl (C=O) groups excluding carboxylic acids is 3. The van der Waals surface area contributed by atoms with E-state index in [1.54, 1.807) is 11.8 Å². The van der Waals surface area contributed by atoms with E-state index >= 15 is 0 Å². The molecule has 1 saturated heterocycles. The second kappa shape index (κ2) is 8.92. The molecule has 0 spiro atoms. The number of amides is 3. The number of hydrogen-bond acceptors (Lipinski definition) is 5. The van der Waals surface area contributed by atoms with E-state index < -0.39 is 0 Å². The molecule has 7 heteroatoms. The van der Waals surface area contributed by atoms with Crippen LogP contribution in [0.1, 0.15) is 25.7 Å². The van der Waals surface area contributed by atoms with Crippen LogP contribution in [0.3, 0.4) is 0 Å². The number of nitrogens with zero attached hydrogens (tertiary/aromatic N) is 1. The van der Waals surface area contributed by atoms with Gasteiger partial charge in [-0.25, -0.2) is 0 Å². The fourth-order valence-electron chi connectivity index (χ4n) is 1.71. The molecule has 108 valence electrons. The highest BCUT2D eigenvalue weighted by atomic mass is 32.2. The summed E-state index contributed by atoms with van der Waals surface area (Å²) in [5, 5.41) is 11.3. The van der Waals surface area contributed by atoms with Gasteiger partial charge < -0.3 is 10.4 Å². The van der Waals surface area contributed by atoms with Gasteiger partial charge in [0.2, 0.25) is 17.7 Å². The van der Waals surface area contributed by atoms with Gasteiger partial charge in [-0.2, -0.15) is 11.8 Å². The van der Waals surface area contributed by atoms with Gasteiger partial charge in [-0.3, -0.25) is 19.3 Å². The summed E-state index contributed by atoms with van der Waals surface area (Å²) in [6, 6.07) is 0. The third-order valence-corrected chi connectivity index (χ3v) is 3.80. The van der Waals surface area contributed by atoms with Gasteiger partial charge >= 0.3 is 0 Å². The van der Waals surface area contributed by atoms with Gasteiger partial charge in [-0.05, 0) is 12.2 Å². The number of carbonyl (C=O) groups is 3. The lowest BCUT2D eigenvalue weighted by molar-refractivity contribution is -0.138. The maximum absolute atomic E-state index is 11.5. The van der Waals surface area contributed by atoms with Crippen LogP contribution in [0.5, 0.6) is 0 Å². The molecular weight excluding hydrogens is 268 g/mol. The molecule has 0 atom stereocenters. The maximum atomic E-state index is 11.5. The quantitative estimate of drug-likeness (QED) is 0.451. The van der Waals surface area contributed by atoms with Gasteiger partial charge in [0, 0.05) is 44.7 Å². The third-order valence-electron chi connectivity index (χ3n) is 2.73. The van der Waals surface area contributed by atoms with Gasteiger partial charge in [0.15, 0.2) is 0 Å². The first-order valence-electron chi connectivity index (χ1n) is 6.43.